The lowest BCUT2D eigenvalue weighted by molar-refractivity contribution is -0.120. The van der Waals surface area contributed by atoms with E-state index >= 15 is 0 Å². The average molecular weight is 378 g/mol. The maximum absolute atomic E-state index is 11.7. The maximum Gasteiger partial charge on any atom is 0.261 e. The number of benzene rings is 1. The monoisotopic (exact) mass is 378 g/mol. The van der Waals surface area contributed by atoms with Gasteiger partial charge >= 0.3 is 0 Å². The van der Waals surface area contributed by atoms with E-state index in [1.807, 2.05) is 24.3 Å². The highest BCUT2D eigenvalue weighted by molar-refractivity contribution is 7.80. The van der Waals surface area contributed by atoms with E-state index in [1.54, 1.807) is 24.6 Å². The Morgan fingerprint density at radius 1 is 1.12 bits per heavy atom. The number of thiocarbonyl (C=S) groups is 1. The lowest BCUT2D eigenvalue weighted by Gasteiger charge is -2.12. The Labute approximate surface area is 154 Å². The van der Waals surface area contributed by atoms with E-state index in [4.69, 9.17) is 17.0 Å². The number of hydrazine groups is 1. The van der Waals surface area contributed by atoms with Crippen LogP contribution in [0.25, 0.3) is 0 Å². The van der Waals surface area contributed by atoms with E-state index in [2.05, 4.69) is 21.5 Å². The predicted octanol–water partition coefficient (Wildman–Crippen LogP) is 1.18. The summed E-state index contributed by atoms with van der Waals surface area (Å²) in [5.74, 6) is 0.0881. The molecule has 0 saturated heterocycles. The van der Waals surface area contributed by atoms with Crippen LogP contribution in [0.15, 0.2) is 41.8 Å². The number of rotatable bonds is 6. The average Bonchev–Trinajstić information content (AvgIpc) is 3.18. The molecule has 1 aromatic carbocycles. The smallest absolute Gasteiger partial charge is 0.261 e. The van der Waals surface area contributed by atoms with Gasteiger partial charge in [-0.25, -0.2) is 0 Å². The van der Waals surface area contributed by atoms with E-state index in [0.717, 1.165) is 11.3 Å². The van der Waals surface area contributed by atoms with Gasteiger partial charge in [-0.3, -0.25) is 20.4 Å². The van der Waals surface area contributed by atoms with E-state index in [9.17, 15) is 9.59 Å². The van der Waals surface area contributed by atoms with Crippen LogP contribution in [0.3, 0.4) is 0 Å². The van der Waals surface area contributed by atoms with Crippen LogP contribution in [0, 0.1) is 0 Å². The second-order valence-corrected chi connectivity index (χ2v) is 6.22. The summed E-state index contributed by atoms with van der Waals surface area (Å²) in [6.45, 7) is 0.353. The molecule has 2 amide bonds. The molecule has 9 heteroatoms. The first-order chi connectivity index (χ1) is 12.1. The lowest BCUT2D eigenvalue weighted by Crippen LogP contribution is -2.49. The summed E-state index contributed by atoms with van der Waals surface area (Å²) in [6.07, 6.45) is 0. The molecule has 132 valence electrons. The third-order valence-electron chi connectivity index (χ3n) is 3.08. The highest BCUT2D eigenvalue weighted by Crippen LogP contribution is 2.10. The summed E-state index contributed by atoms with van der Waals surface area (Å²) in [7, 11) is 1.61. The van der Waals surface area contributed by atoms with Gasteiger partial charge in [-0.2, -0.15) is 0 Å². The molecule has 2 rings (SSSR count). The van der Waals surface area contributed by atoms with Crippen LogP contribution < -0.4 is 26.2 Å². The van der Waals surface area contributed by atoms with Crippen LogP contribution in [0.1, 0.15) is 15.2 Å². The van der Waals surface area contributed by atoms with Crippen molar-refractivity contribution in [3.8, 4) is 5.75 Å². The van der Waals surface area contributed by atoms with Crippen molar-refractivity contribution in [2.24, 2.45) is 0 Å². The molecule has 0 aliphatic carbocycles. The normalized spacial score (nSPS) is 9.80. The third kappa shape index (κ3) is 6.40. The molecule has 2 aromatic rings. The topological polar surface area (TPSA) is 91.5 Å². The first-order valence-electron chi connectivity index (χ1n) is 7.36. The van der Waals surface area contributed by atoms with Crippen LogP contribution in [0.5, 0.6) is 5.75 Å². The minimum atomic E-state index is -0.404. The molecule has 0 radical (unpaired) electrons. The molecule has 0 aliphatic rings. The summed E-state index contributed by atoms with van der Waals surface area (Å²) in [6, 6.07) is 11.0. The van der Waals surface area contributed by atoms with E-state index in [-0.39, 0.29) is 17.6 Å². The van der Waals surface area contributed by atoms with Crippen molar-refractivity contribution in [2.75, 3.05) is 13.7 Å². The first-order valence-corrected chi connectivity index (χ1v) is 8.64. The lowest BCUT2D eigenvalue weighted by atomic mass is 10.2. The van der Waals surface area contributed by atoms with Gasteiger partial charge in [0.05, 0.1) is 18.5 Å². The quantitative estimate of drug-likeness (QED) is 0.446. The second kappa shape index (κ2) is 9.60. The number of thiophene rings is 1. The van der Waals surface area contributed by atoms with Gasteiger partial charge in [-0.05, 0) is 41.4 Å². The molecule has 0 fully saturated rings. The molecule has 1 heterocycles. The summed E-state index contributed by atoms with van der Waals surface area (Å²) in [4.78, 5) is 23.9. The van der Waals surface area contributed by atoms with Crippen LogP contribution in [-0.2, 0) is 11.3 Å². The third-order valence-corrected chi connectivity index (χ3v) is 4.20. The number of hydrogen-bond acceptors (Lipinski definition) is 5. The number of ether oxygens (including phenoxy) is 1. The molecule has 0 aliphatic heterocycles. The van der Waals surface area contributed by atoms with Crippen LogP contribution in [-0.4, -0.2) is 30.6 Å². The number of amides is 2. The standard InChI is InChI=1S/C16H18N4O3S2/c1-23-12-6-4-11(5-7-12)9-18-16(24)20-19-14(21)10-17-15(22)13-3-2-8-25-13/h2-8H,9-10H2,1H3,(H,17,22)(H,19,21)(H2,18,20,24). The van der Waals surface area contributed by atoms with Crippen LogP contribution in [0.4, 0.5) is 0 Å². The Bertz CT molecular complexity index is 717. The SMILES string of the molecule is COc1ccc(CNC(=S)NNC(=O)CNC(=O)c2cccs2)cc1. The minimum absolute atomic E-state index is 0.148. The molecule has 0 bridgehead atoms. The van der Waals surface area contributed by atoms with Gasteiger partial charge in [-0.15, -0.1) is 11.3 Å². The highest BCUT2D eigenvalue weighted by atomic mass is 32.1. The van der Waals surface area contributed by atoms with Gasteiger partial charge in [-0.1, -0.05) is 18.2 Å². The fourth-order valence-electron chi connectivity index (χ4n) is 1.80. The number of methoxy groups -OCH3 is 1. The van der Waals surface area contributed by atoms with Gasteiger partial charge in [0, 0.05) is 6.54 Å². The van der Waals surface area contributed by atoms with Crippen molar-refractivity contribution >= 4 is 40.5 Å². The molecule has 0 unspecified atom stereocenters. The first kappa shape index (κ1) is 18.7. The molecule has 0 saturated carbocycles. The van der Waals surface area contributed by atoms with E-state index in [1.165, 1.54) is 11.3 Å². The molecule has 0 atom stereocenters. The largest absolute Gasteiger partial charge is 0.497 e. The minimum Gasteiger partial charge on any atom is -0.497 e. The van der Waals surface area contributed by atoms with Gasteiger partial charge in [0.25, 0.3) is 11.8 Å². The summed E-state index contributed by atoms with van der Waals surface area (Å²) in [5, 5.41) is 7.55. The summed E-state index contributed by atoms with van der Waals surface area (Å²) < 4.78 is 5.09. The zero-order valence-corrected chi connectivity index (χ0v) is 15.1. The number of nitrogens with one attached hydrogen (secondary N) is 4. The molecular weight excluding hydrogens is 360 g/mol. The molecule has 4 N–H and O–H groups in total. The number of hydrogen-bond donors (Lipinski definition) is 4. The van der Waals surface area contributed by atoms with Gasteiger partial charge < -0.3 is 15.4 Å². The highest BCUT2D eigenvalue weighted by Gasteiger charge is 2.08. The van der Waals surface area contributed by atoms with Crippen molar-refractivity contribution in [3.63, 3.8) is 0 Å². The fraction of sp³-hybridized carbons (Fsp3) is 0.188. The van der Waals surface area contributed by atoms with Crippen molar-refractivity contribution in [2.45, 2.75) is 6.54 Å². The Hall–Kier alpha value is -2.65. The van der Waals surface area contributed by atoms with Crippen LogP contribution >= 0.6 is 23.6 Å². The maximum atomic E-state index is 11.7. The van der Waals surface area contributed by atoms with Crippen molar-refractivity contribution in [3.05, 3.63) is 52.2 Å². The predicted molar refractivity (Wildman–Crippen MR) is 100 cm³/mol. The molecular formula is C16H18N4O3S2. The van der Waals surface area contributed by atoms with Gasteiger partial charge in [0.15, 0.2) is 5.11 Å². The van der Waals surface area contributed by atoms with Gasteiger partial charge in [0.2, 0.25) is 0 Å². The van der Waals surface area contributed by atoms with E-state index in [0.29, 0.717) is 11.4 Å². The Morgan fingerprint density at radius 3 is 2.52 bits per heavy atom. The van der Waals surface area contributed by atoms with Gasteiger partial charge in [0.1, 0.15) is 5.75 Å². The van der Waals surface area contributed by atoms with Crippen molar-refractivity contribution in [1.82, 2.24) is 21.5 Å². The van der Waals surface area contributed by atoms with Crippen molar-refractivity contribution in [1.29, 1.82) is 0 Å². The Kier molecular flexibility index (Phi) is 7.17. The van der Waals surface area contributed by atoms with Crippen LogP contribution in [0.2, 0.25) is 0 Å². The number of carbonyl (C=O) groups is 2. The van der Waals surface area contributed by atoms with Crippen molar-refractivity contribution < 1.29 is 14.3 Å². The summed E-state index contributed by atoms with van der Waals surface area (Å²) >= 11 is 6.38. The molecule has 7 nitrogen and oxygen atoms in total. The Morgan fingerprint density at radius 2 is 1.88 bits per heavy atom. The fourth-order valence-corrected chi connectivity index (χ4v) is 2.56. The Balaban J connectivity index is 1.63. The zero-order chi connectivity index (χ0) is 18.1. The second-order valence-electron chi connectivity index (χ2n) is 4.86. The number of carbonyl (C=O) groups excluding carboxylic acids is 2. The zero-order valence-electron chi connectivity index (χ0n) is 13.5. The summed E-state index contributed by atoms with van der Waals surface area (Å²) in [5.41, 5.74) is 6.01. The molecule has 0 spiro atoms. The molecule has 1 aromatic heterocycles. The molecule has 25 heavy (non-hydrogen) atoms. The van der Waals surface area contributed by atoms with E-state index < -0.39 is 5.91 Å².